The average molecular weight is 405 g/mol. The van der Waals surface area contributed by atoms with Crippen molar-refractivity contribution in [2.75, 3.05) is 20.7 Å². The van der Waals surface area contributed by atoms with E-state index < -0.39 is 0 Å². The van der Waals surface area contributed by atoms with E-state index in [4.69, 9.17) is 14.2 Å². The van der Waals surface area contributed by atoms with Crippen molar-refractivity contribution in [3.8, 4) is 0 Å². The lowest BCUT2D eigenvalue weighted by Gasteiger charge is -2.60. The summed E-state index contributed by atoms with van der Waals surface area (Å²) in [7, 11) is 3.96. The smallest absolute Gasteiger partial charge is 0.343 e. The first-order chi connectivity index (χ1) is 14.6. The Morgan fingerprint density at radius 3 is 2.90 bits per heavy atom. The highest BCUT2D eigenvalue weighted by Gasteiger charge is 2.69. The van der Waals surface area contributed by atoms with E-state index in [1.165, 1.54) is 0 Å². The van der Waals surface area contributed by atoms with E-state index >= 15 is 0 Å². The molecule has 0 amide bonds. The Morgan fingerprint density at radius 1 is 1.27 bits per heavy atom. The fraction of sp³-hybridized carbons (Fsp3) is 0.480. The monoisotopic (exact) mass is 405 g/mol. The number of nitrogens with zero attached hydrogens (tertiary/aromatic N) is 1. The molecule has 1 aromatic carbocycles. The van der Waals surface area contributed by atoms with Gasteiger partial charge in [-0.3, -0.25) is 0 Å². The topological polar surface area (TPSA) is 48.0 Å². The Hall–Kier alpha value is -2.53. The zero-order chi connectivity index (χ0) is 20.5. The fourth-order valence-corrected chi connectivity index (χ4v) is 6.92. The molecule has 2 heterocycles. The second kappa shape index (κ2) is 6.48. The summed E-state index contributed by atoms with van der Waals surface area (Å²) >= 11 is 0. The summed E-state index contributed by atoms with van der Waals surface area (Å²) in [5.74, 6) is 3.40. The third kappa shape index (κ3) is 2.30. The number of rotatable bonds is 3. The highest BCUT2D eigenvalue weighted by molar-refractivity contribution is 5.90. The number of ether oxygens (including phenoxy) is 3. The third-order valence-corrected chi connectivity index (χ3v) is 8.16. The molecule has 2 aliphatic heterocycles. The normalized spacial score (nSPS) is 38.5. The van der Waals surface area contributed by atoms with Crippen molar-refractivity contribution in [2.24, 2.45) is 23.2 Å². The lowest BCUT2D eigenvalue weighted by Crippen LogP contribution is -2.64. The summed E-state index contributed by atoms with van der Waals surface area (Å²) < 4.78 is 18.3. The first kappa shape index (κ1) is 18.3. The number of allylic oxidation sites excluding steroid dienone is 4. The van der Waals surface area contributed by atoms with Crippen LogP contribution < -0.4 is 0 Å². The molecule has 1 aromatic rings. The van der Waals surface area contributed by atoms with E-state index in [1.54, 1.807) is 19.2 Å². The molecule has 5 aliphatic rings. The highest BCUT2D eigenvalue weighted by atomic mass is 16.6. The SMILES string of the molecule is COC1=C2O[C@H]3C(OC(=O)c4ccccc4)=CC[C@H]4[C@H]5CC(C=C1)C2[C@@]34CCN5C. The summed E-state index contributed by atoms with van der Waals surface area (Å²) in [5.41, 5.74) is 0.528. The fourth-order valence-electron chi connectivity index (χ4n) is 6.92. The molecule has 6 rings (SSSR count). The van der Waals surface area contributed by atoms with E-state index in [1.807, 2.05) is 18.2 Å². The number of carbonyl (C=O) groups excluding carboxylic acids is 1. The van der Waals surface area contributed by atoms with Gasteiger partial charge in [0.25, 0.3) is 0 Å². The highest BCUT2D eigenvalue weighted by Crippen LogP contribution is 2.68. The number of esters is 1. The maximum absolute atomic E-state index is 12.8. The Balaban J connectivity index is 1.43. The van der Waals surface area contributed by atoms with Crippen LogP contribution in [0.5, 0.6) is 0 Å². The maximum Gasteiger partial charge on any atom is 0.343 e. The molecule has 0 aromatic heterocycles. The van der Waals surface area contributed by atoms with Crippen LogP contribution in [0.2, 0.25) is 0 Å². The minimum atomic E-state index is -0.314. The standard InChI is InChI=1S/C25H27NO4/c1-26-13-12-25-17-9-11-20(29-24(27)15-6-4-3-5-7-15)23(25)30-22-19(28-2)10-8-16(21(22)25)14-18(17)26/h3-8,10-11,16-18,21,23H,9,12-14H2,1-2H3/t16?,17-,18+,21?,23-,25-/m0/s1. The van der Waals surface area contributed by atoms with E-state index in [0.717, 1.165) is 37.3 Å². The molecular formula is C25H27NO4. The molecule has 0 N–H and O–H groups in total. The van der Waals surface area contributed by atoms with E-state index in [-0.39, 0.29) is 17.5 Å². The van der Waals surface area contributed by atoms with Gasteiger partial charge in [-0.25, -0.2) is 4.79 Å². The van der Waals surface area contributed by atoms with Gasteiger partial charge in [0.05, 0.1) is 12.7 Å². The zero-order valence-corrected chi connectivity index (χ0v) is 17.4. The molecule has 2 saturated heterocycles. The van der Waals surface area contributed by atoms with Gasteiger partial charge >= 0.3 is 5.97 Å². The molecule has 156 valence electrons. The molecule has 1 saturated carbocycles. The number of benzene rings is 1. The van der Waals surface area contributed by atoms with E-state index in [0.29, 0.717) is 35.1 Å². The average Bonchev–Trinajstić information content (AvgIpc) is 3.13. The molecule has 5 heteroatoms. The van der Waals surface area contributed by atoms with Crippen LogP contribution >= 0.6 is 0 Å². The molecule has 6 atom stereocenters. The van der Waals surface area contributed by atoms with Gasteiger partial charge in [-0.1, -0.05) is 24.3 Å². The summed E-state index contributed by atoms with van der Waals surface area (Å²) in [5, 5.41) is 0. The second-order valence-electron chi connectivity index (χ2n) is 9.28. The van der Waals surface area contributed by atoms with Crippen LogP contribution in [-0.2, 0) is 14.2 Å². The van der Waals surface area contributed by atoms with Crippen LogP contribution in [0.15, 0.2) is 65.8 Å². The summed E-state index contributed by atoms with van der Waals surface area (Å²) in [6.07, 6.45) is 9.39. The molecule has 30 heavy (non-hydrogen) atoms. The van der Waals surface area contributed by atoms with Gasteiger partial charge in [0.15, 0.2) is 11.9 Å². The van der Waals surface area contributed by atoms with Gasteiger partial charge in [-0.05, 0) is 69.0 Å². The Bertz CT molecular complexity index is 980. The third-order valence-electron chi connectivity index (χ3n) is 8.16. The largest absolute Gasteiger partial charge is 0.493 e. The van der Waals surface area contributed by atoms with E-state index in [2.05, 4.69) is 30.2 Å². The minimum absolute atomic E-state index is 0.0367. The molecule has 0 radical (unpaired) electrons. The zero-order valence-electron chi connectivity index (χ0n) is 17.4. The van der Waals surface area contributed by atoms with Gasteiger partial charge in [0.2, 0.25) is 0 Å². The molecule has 5 nitrogen and oxygen atoms in total. The lowest BCUT2D eigenvalue weighted by atomic mass is 9.47. The summed E-state index contributed by atoms with van der Waals surface area (Å²) in [6.45, 7) is 1.05. The van der Waals surface area contributed by atoms with Crippen LogP contribution in [0.25, 0.3) is 0 Å². The van der Waals surface area contributed by atoms with Crippen molar-refractivity contribution in [2.45, 2.75) is 31.4 Å². The quantitative estimate of drug-likeness (QED) is 0.714. The van der Waals surface area contributed by atoms with Crippen LogP contribution in [0.3, 0.4) is 0 Å². The number of piperidine rings is 1. The number of carbonyl (C=O) groups is 1. The maximum atomic E-state index is 12.8. The Morgan fingerprint density at radius 2 is 2.10 bits per heavy atom. The van der Waals surface area contributed by atoms with Crippen molar-refractivity contribution in [1.29, 1.82) is 0 Å². The number of likely N-dealkylation sites (tertiary alicyclic amines) is 1. The van der Waals surface area contributed by atoms with Gasteiger partial charge < -0.3 is 19.1 Å². The first-order valence-corrected chi connectivity index (χ1v) is 10.9. The van der Waals surface area contributed by atoms with Crippen LogP contribution in [-0.4, -0.2) is 43.7 Å². The predicted molar refractivity (Wildman–Crippen MR) is 111 cm³/mol. The van der Waals surface area contributed by atoms with Gasteiger partial charge in [-0.15, -0.1) is 0 Å². The number of methoxy groups -OCH3 is 1. The molecule has 3 fully saturated rings. The molecular weight excluding hydrogens is 378 g/mol. The van der Waals surface area contributed by atoms with Gasteiger partial charge in [0.1, 0.15) is 11.5 Å². The van der Waals surface area contributed by atoms with Crippen molar-refractivity contribution in [3.05, 3.63) is 71.4 Å². The second-order valence-corrected chi connectivity index (χ2v) is 9.28. The summed E-state index contributed by atoms with van der Waals surface area (Å²) in [6, 6.07) is 9.73. The molecule has 3 aliphatic carbocycles. The van der Waals surface area contributed by atoms with Gasteiger partial charge in [0, 0.05) is 17.4 Å². The van der Waals surface area contributed by atoms with Crippen molar-refractivity contribution in [3.63, 3.8) is 0 Å². The van der Waals surface area contributed by atoms with Crippen molar-refractivity contribution >= 4 is 5.97 Å². The minimum Gasteiger partial charge on any atom is -0.493 e. The van der Waals surface area contributed by atoms with Gasteiger partial charge in [-0.2, -0.15) is 0 Å². The van der Waals surface area contributed by atoms with Crippen LogP contribution in [0, 0.1) is 23.2 Å². The summed E-state index contributed by atoms with van der Waals surface area (Å²) in [4.78, 5) is 15.4. The van der Waals surface area contributed by atoms with Crippen LogP contribution in [0.4, 0.5) is 0 Å². The molecule has 2 bridgehead atoms. The molecule has 2 unspecified atom stereocenters. The van der Waals surface area contributed by atoms with Crippen LogP contribution in [0.1, 0.15) is 29.6 Å². The van der Waals surface area contributed by atoms with Crippen molar-refractivity contribution < 1.29 is 19.0 Å². The Kier molecular flexibility index (Phi) is 3.94. The molecule has 1 spiro atoms. The first-order valence-electron chi connectivity index (χ1n) is 10.9. The number of hydrogen-bond donors (Lipinski definition) is 0. The van der Waals surface area contributed by atoms with E-state index in [9.17, 15) is 4.79 Å². The predicted octanol–water partition coefficient (Wildman–Crippen LogP) is 3.90. The van der Waals surface area contributed by atoms with Crippen molar-refractivity contribution in [1.82, 2.24) is 4.90 Å². The lowest BCUT2D eigenvalue weighted by molar-refractivity contribution is -0.115. The number of hydrogen-bond acceptors (Lipinski definition) is 5. The Labute approximate surface area is 177 Å².